The smallest absolute Gasteiger partial charge is 0.166 e. The van der Waals surface area contributed by atoms with Gasteiger partial charge >= 0.3 is 0 Å². The highest BCUT2D eigenvalue weighted by Crippen LogP contribution is 2.32. The molecule has 0 aliphatic carbocycles. The molecule has 152 valence electrons. The Morgan fingerprint density at radius 1 is 0.897 bits per heavy atom. The Labute approximate surface area is 174 Å². The van der Waals surface area contributed by atoms with Crippen molar-refractivity contribution in [3.05, 3.63) is 94.0 Å². The van der Waals surface area contributed by atoms with E-state index in [9.17, 15) is 8.78 Å². The van der Waals surface area contributed by atoms with E-state index in [0.29, 0.717) is 47.2 Å². The zero-order chi connectivity index (χ0) is 20.6. The van der Waals surface area contributed by atoms with Crippen LogP contribution in [0.25, 0.3) is 0 Å². The lowest BCUT2D eigenvalue weighted by atomic mass is 10.1. The maximum absolute atomic E-state index is 14.0. The molecule has 3 rings (SSSR count). The molecule has 0 aliphatic rings. The third-order valence-corrected chi connectivity index (χ3v) is 4.90. The lowest BCUT2D eigenvalue weighted by molar-refractivity contribution is 0.276. The normalized spacial score (nSPS) is 10.8. The van der Waals surface area contributed by atoms with Crippen LogP contribution in [0, 0.1) is 11.6 Å². The van der Waals surface area contributed by atoms with Crippen LogP contribution in [0.5, 0.6) is 11.5 Å². The maximum atomic E-state index is 14.0. The van der Waals surface area contributed by atoms with Gasteiger partial charge in [0.05, 0.1) is 12.1 Å². The summed E-state index contributed by atoms with van der Waals surface area (Å²) < 4.78 is 39.1. The van der Waals surface area contributed by atoms with Crippen LogP contribution in [0.1, 0.15) is 16.7 Å². The largest absolute Gasteiger partial charge is 0.493 e. The summed E-state index contributed by atoms with van der Waals surface area (Å²) in [5.74, 6) is 0.442. The van der Waals surface area contributed by atoms with Gasteiger partial charge in [-0.25, -0.2) is 8.78 Å². The summed E-state index contributed by atoms with van der Waals surface area (Å²) in [6, 6.07) is 16.8. The molecule has 29 heavy (non-hydrogen) atoms. The quantitative estimate of drug-likeness (QED) is 0.464. The second-order valence-electron chi connectivity index (χ2n) is 6.46. The van der Waals surface area contributed by atoms with Crippen molar-refractivity contribution in [3.8, 4) is 11.5 Å². The fourth-order valence-electron chi connectivity index (χ4n) is 2.99. The van der Waals surface area contributed by atoms with Crippen molar-refractivity contribution in [2.24, 2.45) is 0 Å². The lowest BCUT2D eigenvalue weighted by Gasteiger charge is -2.16. The van der Waals surface area contributed by atoms with Gasteiger partial charge in [-0.2, -0.15) is 0 Å². The Morgan fingerprint density at radius 2 is 1.62 bits per heavy atom. The summed E-state index contributed by atoms with van der Waals surface area (Å²) in [5.41, 5.74) is 1.81. The first-order valence-corrected chi connectivity index (χ1v) is 9.63. The number of hydrogen-bond donors (Lipinski definition) is 1. The van der Waals surface area contributed by atoms with Gasteiger partial charge in [-0.15, -0.1) is 0 Å². The minimum absolute atomic E-state index is 0.0197. The zero-order valence-corrected chi connectivity index (χ0v) is 16.8. The van der Waals surface area contributed by atoms with Gasteiger partial charge < -0.3 is 14.8 Å². The van der Waals surface area contributed by atoms with E-state index in [1.54, 1.807) is 37.4 Å². The molecule has 3 nitrogen and oxygen atoms in total. The van der Waals surface area contributed by atoms with E-state index in [2.05, 4.69) is 5.32 Å². The van der Waals surface area contributed by atoms with E-state index in [1.165, 1.54) is 12.1 Å². The summed E-state index contributed by atoms with van der Waals surface area (Å²) in [7, 11) is 1.55. The zero-order valence-electron chi connectivity index (χ0n) is 16.1. The van der Waals surface area contributed by atoms with E-state index in [4.69, 9.17) is 21.1 Å². The topological polar surface area (TPSA) is 30.5 Å². The molecule has 3 aromatic rings. The standard InChI is InChI=1S/C23H22ClF2NO2/c1-28-22-11-4-7-17(14-27-13-12-16-6-2-3-9-20(16)25)23(22)29-15-18-19(24)8-5-10-21(18)26/h2-11,27H,12-15H2,1H3. The van der Waals surface area contributed by atoms with Crippen molar-refractivity contribution < 1.29 is 18.3 Å². The van der Waals surface area contributed by atoms with E-state index in [1.807, 2.05) is 18.2 Å². The number of nitrogens with one attached hydrogen (secondary N) is 1. The number of rotatable bonds is 9. The van der Waals surface area contributed by atoms with Gasteiger partial charge in [-0.3, -0.25) is 0 Å². The van der Waals surface area contributed by atoms with Gasteiger partial charge in [-0.05, 0) is 42.8 Å². The molecule has 0 aliphatic heterocycles. The van der Waals surface area contributed by atoms with Crippen LogP contribution in [-0.2, 0) is 19.6 Å². The van der Waals surface area contributed by atoms with Crippen molar-refractivity contribution in [2.75, 3.05) is 13.7 Å². The summed E-state index contributed by atoms with van der Waals surface area (Å²) in [6.45, 7) is 1.07. The van der Waals surface area contributed by atoms with Gasteiger partial charge in [0.2, 0.25) is 0 Å². The number of halogens is 3. The van der Waals surface area contributed by atoms with Gasteiger partial charge in [0.1, 0.15) is 18.2 Å². The molecule has 3 aromatic carbocycles. The van der Waals surface area contributed by atoms with E-state index >= 15 is 0 Å². The Kier molecular flexibility index (Phi) is 7.44. The van der Waals surface area contributed by atoms with E-state index in [-0.39, 0.29) is 12.4 Å². The fourth-order valence-corrected chi connectivity index (χ4v) is 3.20. The molecule has 0 amide bonds. The third kappa shape index (κ3) is 5.46. The van der Waals surface area contributed by atoms with E-state index < -0.39 is 5.82 Å². The molecule has 0 aromatic heterocycles. The molecule has 1 N–H and O–H groups in total. The predicted octanol–water partition coefficient (Wildman–Crippen LogP) is 5.54. The van der Waals surface area contributed by atoms with Crippen LogP contribution in [0.3, 0.4) is 0 Å². The van der Waals surface area contributed by atoms with Crippen molar-refractivity contribution in [2.45, 2.75) is 19.6 Å². The first-order chi connectivity index (χ1) is 14.1. The van der Waals surface area contributed by atoms with Crippen LogP contribution in [0.4, 0.5) is 8.78 Å². The Morgan fingerprint density at radius 3 is 2.38 bits per heavy atom. The molecular weight excluding hydrogens is 396 g/mol. The van der Waals surface area contributed by atoms with Gasteiger partial charge in [0, 0.05) is 17.7 Å². The number of methoxy groups -OCH3 is 1. The molecule has 0 fully saturated rings. The second-order valence-corrected chi connectivity index (χ2v) is 6.86. The molecule has 0 unspecified atom stereocenters. The Balaban J connectivity index is 1.67. The molecule has 0 atom stereocenters. The third-order valence-electron chi connectivity index (χ3n) is 4.55. The van der Waals surface area contributed by atoms with Crippen molar-refractivity contribution in [1.82, 2.24) is 5.32 Å². The number of hydrogen-bond acceptors (Lipinski definition) is 3. The van der Waals surface area contributed by atoms with Crippen molar-refractivity contribution in [3.63, 3.8) is 0 Å². The minimum atomic E-state index is -0.419. The highest BCUT2D eigenvalue weighted by Gasteiger charge is 2.14. The Bertz CT molecular complexity index is 945. The lowest BCUT2D eigenvalue weighted by Crippen LogP contribution is -2.18. The van der Waals surface area contributed by atoms with Gasteiger partial charge in [0.15, 0.2) is 11.5 Å². The molecule has 0 heterocycles. The second kappa shape index (κ2) is 10.2. The molecular formula is C23H22ClF2NO2. The van der Waals surface area contributed by atoms with E-state index in [0.717, 1.165) is 5.56 Å². The molecule has 0 spiro atoms. The average Bonchev–Trinajstić information content (AvgIpc) is 2.72. The summed E-state index contributed by atoms with van der Waals surface area (Å²) in [5, 5.41) is 3.60. The molecule has 0 saturated heterocycles. The van der Waals surface area contributed by atoms with Crippen LogP contribution in [-0.4, -0.2) is 13.7 Å². The maximum Gasteiger partial charge on any atom is 0.166 e. The van der Waals surface area contributed by atoms with Crippen molar-refractivity contribution in [1.29, 1.82) is 0 Å². The van der Waals surface area contributed by atoms with Gasteiger partial charge in [0.25, 0.3) is 0 Å². The van der Waals surface area contributed by atoms with Crippen molar-refractivity contribution >= 4 is 11.6 Å². The molecule has 0 saturated carbocycles. The van der Waals surface area contributed by atoms with Crippen LogP contribution >= 0.6 is 11.6 Å². The first kappa shape index (κ1) is 21.1. The number of benzene rings is 3. The summed E-state index contributed by atoms with van der Waals surface area (Å²) >= 11 is 6.09. The number of ether oxygens (including phenoxy) is 2. The fraction of sp³-hybridized carbons (Fsp3) is 0.217. The SMILES string of the molecule is COc1cccc(CNCCc2ccccc2F)c1OCc1c(F)cccc1Cl. The molecule has 6 heteroatoms. The highest BCUT2D eigenvalue weighted by molar-refractivity contribution is 6.31. The first-order valence-electron chi connectivity index (χ1n) is 9.26. The molecule has 0 bridgehead atoms. The monoisotopic (exact) mass is 417 g/mol. The molecule has 0 radical (unpaired) electrons. The predicted molar refractivity (Wildman–Crippen MR) is 111 cm³/mol. The van der Waals surface area contributed by atoms with Crippen LogP contribution in [0.15, 0.2) is 60.7 Å². The number of para-hydroxylation sites is 1. The summed E-state index contributed by atoms with van der Waals surface area (Å²) in [6.07, 6.45) is 0.567. The highest BCUT2D eigenvalue weighted by atomic mass is 35.5. The van der Waals surface area contributed by atoms with Crippen LogP contribution < -0.4 is 14.8 Å². The minimum Gasteiger partial charge on any atom is -0.493 e. The van der Waals surface area contributed by atoms with Gasteiger partial charge in [-0.1, -0.05) is 48.0 Å². The summed E-state index contributed by atoms with van der Waals surface area (Å²) in [4.78, 5) is 0. The van der Waals surface area contributed by atoms with Crippen LogP contribution in [0.2, 0.25) is 5.02 Å². The Hall–Kier alpha value is -2.63. The average molecular weight is 418 g/mol.